The number of hydrogen-bond donors (Lipinski definition) is 1. The van der Waals surface area contributed by atoms with Crippen molar-refractivity contribution in [3.05, 3.63) is 46.8 Å². The van der Waals surface area contributed by atoms with Crippen LogP contribution in [0.25, 0.3) is 0 Å². The summed E-state index contributed by atoms with van der Waals surface area (Å²) in [4.78, 5) is 8.03. The summed E-state index contributed by atoms with van der Waals surface area (Å²) in [5.41, 5.74) is 0.315. The molecule has 0 amide bonds. The quantitative estimate of drug-likeness (QED) is 0.792. The molecule has 1 fully saturated rings. The Morgan fingerprint density at radius 2 is 2.00 bits per heavy atom. The molecule has 1 aromatic heterocycles. The topological polar surface area (TPSA) is 65.5 Å². The molecule has 0 unspecified atom stereocenters. The number of pyridine rings is 1. The monoisotopic (exact) mass is 428 g/mol. The summed E-state index contributed by atoms with van der Waals surface area (Å²) in [6.07, 6.45) is 1.61. The fourth-order valence-corrected chi connectivity index (χ4v) is 4.04. The summed E-state index contributed by atoms with van der Waals surface area (Å²) < 4.78 is 42.1. The van der Waals surface area contributed by atoms with Gasteiger partial charge in [-0.25, -0.2) is 17.8 Å². The van der Waals surface area contributed by atoms with Gasteiger partial charge in [0.1, 0.15) is 10.7 Å². The van der Waals surface area contributed by atoms with Gasteiger partial charge in [0.05, 0.1) is 5.69 Å². The van der Waals surface area contributed by atoms with E-state index < -0.39 is 20.7 Å². The van der Waals surface area contributed by atoms with Gasteiger partial charge in [0.2, 0.25) is 0 Å². The van der Waals surface area contributed by atoms with Gasteiger partial charge in [-0.1, -0.05) is 12.1 Å². The largest absolute Gasteiger partial charge is 0.352 e. The predicted molar refractivity (Wildman–Crippen MR) is 98.8 cm³/mol. The third kappa shape index (κ3) is 3.78. The van der Waals surface area contributed by atoms with Crippen molar-refractivity contribution in [1.29, 1.82) is 0 Å². The van der Waals surface area contributed by atoms with Gasteiger partial charge in [-0.3, -0.25) is 4.72 Å². The molecule has 0 aliphatic carbocycles. The van der Waals surface area contributed by atoms with Crippen LogP contribution in [0, 0.1) is 5.82 Å². The molecule has 2 heterocycles. The van der Waals surface area contributed by atoms with Gasteiger partial charge in [-0.15, -0.1) is 0 Å². The van der Waals surface area contributed by atoms with E-state index in [1.807, 2.05) is 19.0 Å². The molecule has 0 atom stereocenters. The van der Waals surface area contributed by atoms with E-state index in [0.717, 1.165) is 19.2 Å². The van der Waals surface area contributed by atoms with Crippen LogP contribution in [0.3, 0.4) is 0 Å². The average molecular weight is 429 g/mol. The first-order valence-electron chi connectivity index (χ1n) is 7.62. The highest BCUT2D eigenvalue weighted by Crippen LogP contribution is 2.32. The molecular formula is C16H18BrFN4O2S. The zero-order valence-corrected chi connectivity index (χ0v) is 16.2. The van der Waals surface area contributed by atoms with Crippen molar-refractivity contribution in [2.75, 3.05) is 36.8 Å². The van der Waals surface area contributed by atoms with Gasteiger partial charge in [0.25, 0.3) is 10.0 Å². The highest BCUT2D eigenvalue weighted by molar-refractivity contribution is 9.10. The summed E-state index contributed by atoms with van der Waals surface area (Å²) in [5.74, 6) is -0.266. The van der Waals surface area contributed by atoms with Crippen LogP contribution < -0.4 is 9.62 Å². The second kappa shape index (κ2) is 6.89. The molecular weight excluding hydrogens is 411 g/mol. The Labute approximate surface area is 154 Å². The molecule has 25 heavy (non-hydrogen) atoms. The van der Waals surface area contributed by atoms with E-state index in [-0.39, 0.29) is 0 Å². The lowest BCUT2D eigenvalue weighted by Crippen LogP contribution is -2.57. The van der Waals surface area contributed by atoms with Gasteiger partial charge < -0.3 is 9.80 Å². The van der Waals surface area contributed by atoms with Crippen LogP contribution >= 0.6 is 15.9 Å². The van der Waals surface area contributed by atoms with E-state index in [2.05, 4.69) is 30.5 Å². The molecule has 3 rings (SSSR count). The number of likely N-dealkylation sites (N-methyl/N-ethyl adjacent to an activating group) is 1. The van der Waals surface area contributed by atoms with E-state index >= 15 is 0 Å². The third-order valence-electron chi connectivity index (χ3n) is 4.10. The number of anilines is 2. The molecule has 9 heteroatoms. The molecule has 1 N–H and O–H groups in total. The minimum Gasteiger partial charge on any atom is -0.352 e. The molecule has 0 bridgehead atoms. The van der Waals surface area contributed by atoms with Gasteiger partial charge >= 0.3 is 0 Å². The first kappa shape index (κ1) is 18.1. The minimum absolute atomic E-state index is 0.315. The van der Waals surface area contributed by atoms with Crippen LogP contribution in [0.1, 0.15) is 0 Å². The van der Waals surface area contributed by atoms with Crippen molar-refractivity contribution >= 4 is 37.5 Å². The van der Waals surface area contributed by atoms with Crippen LogP contribution in [0.2, 0.25) is 0 Å². The van der Waals surface area contributed by atoms with Crippen molar-refractivity contribution in [2.24, 2.45) is 0 Å². The molecule has 1 aliphatic rings. The minimum atomic E-state index is -4.05. The highest BCUT2D eigenvalue weighted by Gasteiger charge is 2.32. The molecule has 2 aromatic rings. The number of benzene rings is 1. The van der Waals surface area contributed by atoms with E-state index in [1.54, 1.807) is 12.3 Å². The van der Waals surface area contributed by atoms with Crippen molar-refractivity contribution in [1.82, 2.24) is 9.88 Å². The molecule has 1 aromatic carbocycles. The lowest BCUT2D eigenvalue weighted by atomic mass is 10.1. The van der Waals surface area contributed by atoms with E-state index in [4.69, 9.17) is 0 Å². The maximum absolute atomic E-state index is 13.9. The number of sulfonamides is 1. The number of nitrogens with zero attached hydrogens (tertiary/aromatic N) is 3. The van der Waals surface area contributed by atoms with Gasteiger partial charge in [0.15, 0.2) is 5.82 Å². The van der Waals surface area contributed by atoms with Crippen molar-refractivity contribution in [3.8, 4) is 0 Å². The van der Waals surface area contributed by atoms with Crippen molar-refractivity contribution in [3.63, 3.8) is 0 Å². The van der Waals surface area contributed by atoms with E-state index in [1.165, 1.54) is 18.2 Å². The number of hydrogen-bond acceptors (Lipinski definition) is 5. The van der Waals surface area contributed by atoms with Crippen molar-refractivity contribution in [2.45, 2.75) is 10.9 Å². The molecule has 134 valence electrons. The lowest BCUT2D eigenvalue weighted by Gasteiger charge is -2.44. The van der Waals surface area contributed by atoms with Crippen LogP contribution in [-0.2, 0) is 10.0 Å². The normalized spacial score (nSPS) is 15.3. The highest BCUT2D eigenvalue weighted by atomic mass is 79.9. The Kier molecular flexibility index (Phi) is 4.99. The number of aromatic nitrogens is 1. The molecule has 0 spiro atoms. The SMILES string of the molecule is CN(C)C1CN(c2ncc(Br)cc2NS(=O)(=O)c2ccccc2F)C1. The predicted octanol–water partition coefficient (Wildman–Crippen LogP) is 2.53. The summed E-state index contributed by atoms with van der Waals surface area (Å²) in [6.45, 7) is 1.49. The number of nitrogens with one attached hydrogen (secondary N) is 1. The maximum Gasteiger partial charge on any atom is 0.264 e. The fourth-order valence-electron chi connectivity index (χ4n) is 2.58. The van der Waals surface area contributed by atoms with Gasteiger partial charge in [-0.05, 0) is 48.2 Å². The zero-order chi connectivity index (χ0) is 18.2. The average Bonchev–Trinajstić information content (AvgIpc) is 2.47. The number of rotatable bonds is 5. The maximum atomic E-state index is 13.9. The van der Waals surface area contributed by atoms with E-state index in [9.17, 15) is 12.8 Å². The fraction of sp³-hybridized carbons (Fsp3) is 0.312. The second-order valence-corrected chi connectivity index (χ2v) is 8.65. The van der Waals surface area contributed by atoms with Crippen LogP contribution in [0.15, 0.2) is 45.9 Å². The zero-order valence-electron chi connectivity index (χ0n) is 13.8. The van der Waals surface area contributed by atoms with Crippen LogP contribution in [0.4, 0.5) is 15.9 Å². The second-order valence-electron chi connectivity index (χ2n) is 6.08. The third-order valence-corrected chi connectivity index (χ3v) is 5.93. The van der Waals surface area contributed by atoms with Crippen LogP contribution in [0.5, 0.6) is 0 Å². The molecule has 1 aliphatic heterocycles. The lowest BCUT2D eigenvalue weighted by molar-refractivity contribution is 0.246. The van der Waals surface area contributed by atoms with Crippen molar-refractivity contribution < 1.29 is 12.8 Å². The Balaban J connectivity index is 1.90. The van der Waals surface area contributed by atoms with Crippen LogP contribution in [-0.4, -0.2) is 51.5 Å². The molecule has 1 saturated heterocycles. The Morgan fingerprint density at radius 3 is 2.64 bits per heavy atom. The van der Waals surface area contributed by atoms with Gasteiger partial charge in [-0.2, -0.15) is 0 Å². The summed E-state index contributed by atoms with van der Waals surface area (Å²) in [5, 5.41) is 0. The summed E-state index contributed by atoms with van der Waals surface area (Å²) in [6, 6.07) is 7.29. The standard InChI is InChI=1S/C16H18BrFN4O2S/c1-21(2)12-9-22(10-12)16-14(7-11(17)8-19-16)20-25(23,24)15-6-4-3-5-13(15)18/h3-8,12,20H,9-10H2,1-2H3. The molecule has 6 nitrogen and oxygen atoms in total. The summed E-state index contributed by atoms with van der Waals surface area (Å²) in [7, 11) is -0.0560. The smallest absolute Gasteiger partial charge is 0.264 e. The first-order chi connectivity index (χ1) is 11.8. The molecule has 0 saturated carbocycles. The van der Waals surface area contributed by atoms with Gasteiger partial charge in [0, 0.05) is 29.8 Å². The summed E-state index contributed by atoms with van der Waals surface area (Å²) >= 11 is 3.30. The first-order valence-corrected chi connectivity index (χ1v) is 9.90. The molecule has 0 radical (unpaired) electrons. The Hall–Kier alpha value is -1.71. The number of halogens is 2. The Bertz CT molecular complexity index is 885. The Morgan fingerprint density at radius 1 is 1.32 bits per heavy atom. The van der Waals surface area contributed by atoms with E-state index in [0.29, 0.717) is 22.0 Å².